The van der Waals surface area contributed by atoms with E-state index in [1.54, 1.807) is 66.7 Å². The van der Waals surface area contributed by atoms with E-state index < -0.39 is 34.5 Å². The van der Waals surface area contributed by atoms with Crippen molar-refractivity contribution in [1.29, 1.82) is 0 Å². The second kappa shape index (κ2) is 11.9. The number of nitrogens with one attached hydrogen (secondary N) is 2. The summed E-state index contributed by atoms with van der Waals surface area (Å²) in [4.78, 5) is 23.3. The Kier molecular flexibility index (Phi) is 8.71. The van der Waals surface area contributed by atoms with Crippen LogP contribution < -0.4 is 14.9 Å². The maximum atomic E-state index is 12.9. The summed E-state index contributed by atoms with van der Waals surface area (Å²) in [6.07, 6.45) is 1.19. The number of carboxylic acid groups (broad SMARTS) is 1. The first-order valence-electron chi connectivity index (χ1n) is 10.6. The number of rotatable bonds is 11. The van der Waals surface area contributed by atoms with E-state index in [0.717, 1.165) is 5.56 Å². The summed E-state index contributed by atoms with van der Waals surface area (Å²) in [5, 5.41) is 12.6. The number of aliphatic carboxylic acids is 1. The molecule has 9 nitrogen and oxygen atoms in total. The Labute approximate surface area is 203 Å². The van der Waals surface area contributed by atoms with E-state index in [4.69, 9.17) is 9.84 Å². The molecular weight excluding hydrogens is 470 g/mol. The third-order valence-electron chi connectivity index (χ3n) is 4.84. The number of carbonyl (C=O) groups is 2. The number of aryl methyl sites for hydroxylation is 1. The van der Waals surface area contributed by atoms with Crippen molar-refractivity contribution in [1.82, 2.24) is 10.1 Å². The number of hydrazone groups is 1. The molecule has 10 heteroatoms. The van der Waals surface area contributed by atoms with Gasteiger partial charge in [0.2, 0.25) is 15.9 Å². The highest BCUT2D eigenvalue weighted by molar-refractivity contribution is 7.89. The zero-order chi connectivity index (χ0) is 25.3. The summed E-state index contributed by atoms with van der Waals surface area (Å²) in [5.74, 6) is -1.25. The highest BCUT2D eigenvalue weighted by Gasteiger charge is 2.23. The fourth-order valence-corrected chi connectivity index (χ4v) is 4.35. The van der Waals surface area contributed by atoms with Crippen LogP contribution in [-0.4, -0.2) is 38.2 Å². The average molecular weight is 496 g/mol. The van der Waals surface area contributed by atoms with Crippen molar-refractivity contribution >= 4 is 28.1 Å². The number of ether oxygens (including phenoxy) is 1. The van der Waals surface area contributed by atoms with E-state index in [2.05, 4.69) is 15.2 Å². The lowest BCUT2D eigenvalue weighted by molar-refractivity contribution is -0.139. The molecule has 0 radical (unpaired) electrons. The molecule has 3 rings (SSSR count). The fourth-order valence-electron chi connectivity index (χ4n) is 3.13. The summed E-state index contributed by atoms with van der Waals surface area (Å²) in [6, 6.07) is 20.9. The van der Waals surface area contributed by atoms with Crippen molar-refractivity contribution in [3.63, 3.8) is 0 Å². The topological polar surface area (TPSA) is 134 Å². The Morgan fingerprint density at radius 1 is 1.03 bits per heavy atom. The van der Waals surface area contributed by atoms with Gasteiger partial charge in [-0.2, -0.15) is 5.10 Å². The van der Waals surface area contributed by atoms with Gasteiger partial charge in [-0.15, -0.1) is 0 Å². The van der Waals surface area contributed by atoms with Crippen LogP contribution in [0.25, 0.3) is 0 Å². The van der Waals surface area contributed by atoms with Gasteiger partial charge in [-0.3, -0.25) is 4.79 Å². The van der Waals surface area contributed by atoms with E-state index in [0.29, 0.717) is 16.9 Å². The number of carbonyl (C=O) groups excluding carboxylic acids is 1. The predicted molar refractivity (Wildman–Crippen MR) is 131 cm³/mol. The van der Waals surface area contributed by atoms with Crippen molar-refractivity contribution < 1.29 is 27.9 Å². The molecule has 3 aromatic rings. The molecule has 0 bridgehead atoms. The number of hydrogen-bond acceptors (Lipinski definition) is 6. The summed E-state index contributed by atoms with van der Waals surface area (Å²) in [7, 11) is -3.87. The van der Waals surface area contributed by atoms with Crippen LogP contribution in [0.4, 0.5) is 0 Å². The minimum atomic E-state index is -3.87. The molecule has 0 saturated carbocycles. The normalized spacial score (nSPS) is 12.3. The highest BCUT2D eigenvalue weighted by atomic mass is 32.2. The zero-order valence-corrected chi connectivity index (χ0v) is 19.7. The molecule has 0 aliphatic carbocycles. The average Bonchev–Trinajstić information content (AvgIpc) is 2.83. The number of nitrogens with zero attached hydrogens (tertiary/aromatic N) is 1. The minimum Gasteiger partial charge on any atom is -0.482 e. The lowest BCUT2D eigenvalue weighted by atomic mass is 10.0. The molecular formula is C25H25N3O6S. The van der Waals surface area contributed by atoms with E-state index in [-0.39, 0.29) is 11.3 Å². The van der Waals surface area contributed by atoms with Crippen LogP contribution in [0.5, 0.6) is 5.75 Å². The first-order chi connectivity index (χ1) is 16.7. The Morgan fingerprint density at radius 2 is 1.74 bits per heavy atom. The molecule has 1 amide bonds. The third-order valence-corrected chi connectivity index (χ3v) is 6.33. The number of sulfonamides is 1. The van der Waals surface area contributed by atoms with Gasteiger partial charge < -0.3 is 9.84 Å². The lowest BCUT2D eigenvalue weighted by Crippen LogP contribution is -2.32. The first kappa shape index (κ1) is 25.6. The third kappa shape index (κ3) is 8.05. The second-order valence-corrected chi connectivity index (χ2v) is 9.36. The molecule has 0 aliphatic heterocycles. The Balaban J connectivity index is 1.68. The molecule has 35 heavy (non-hydrogen) atoms. The van der Waals surface area contributed by atoms with E-state index in [1.807, 2.05) is 6.92 Å². The van der Waals surface area contributed by atoms with Gasteiger partial charge in [-0.05, 0) is 42.3 Å². The van der Waals surface area contributed by atoms with E-state index >= 15 is 0 Å². The van der Waals surface area contributed by atoms with Crippen LogP contribution >= 0.6 is 0 Å². The smallest absolute Gasteiger partial charge is 0.341 e. The SMILES string of the molecule is Cc1ccc(S(=O)(=O)N[C@@H](CC(=O)N/N=C\c2cccc(OCC(=O)O)c2)c2ccccc2)cc1. The second-order valence-electron chi connectivity index (χ2n) is 7.65. The summed E-state index contributed by atoms with van der Waals surface area (Å²) in [5.41, 5.74) is 4.53. The highest BCUT2D eigenvalue weighted by Crippen LogP contribution is 2.21. The first-order valence-corrected chi connectivity index (χ1v) is 12.1. The fraction of sp³-hybridized carbons (Fsp3) is 0.160. The summed E-state index contributed by atoms with van der Waals surface area (Å²) < 4.78 is 33.6. The number of amides is 1. The maximum Gasteiger partial charge on any atom is 0.341 e. The predicted octanol–water partition coefficient (Wildman–Crippen LogP) is 3.02. The van der Waals surface area contributed by atoms with Gasteiger partial charge in [0.15, 0.2) is 6.61 Å². The Morgan fingerprint density at radius 3 is 2.43 bits per heavy atom. The molecule has 0 unspecified atom stereocenters. The summed E-state index contributed by atoms with van der Waals surface area (Å²) >= 11 is 0. The molecule has 0 aromatic heterocycles. The zero-order valence-electron chi connectivity index (χ0n) is 18.9. The molecule has 0 aliphatic rings. The molecule has 3 N–H and O–H groups in total. The molecule has 0 spiro atoms. The van der Waals surface area contributed by atoms with Gasteiger partial charge in [0.05, 0.1) is 17.2 Å². The van der Waals surface area contributed by atoms with Crippen molar-refractivity contribution in [2.24, 2.45) is 5.10 Å². The molecule has 3 aromatic carbocycles. The quantitative estimate of drug-likeness (QED) is 0.277. The molecule has 1 atom stereocenters. The van der Waals surface area contributed by atoms with Gasteiger partial charge >= 0.3 is 5.97 Å². The molecule has 0 heterocycles. The number of carboxylic acids is 1. The maximum absolute atomic E-state index is 12.9. The largest absolute Gasteiger partial charge is 0.482 e. The van der Waals surface area contributed by atoms with Crippen molar-refractivity contribution in [2.75, 3.05) is 6.61 Å². The number of hydrogen-bond donors (Lipinski definition) is 3. The van der Waals surface area contributed by atoms with Crippen LogP contribution in [0.1, 0.15) is 29.2 Å². The summed E-state index contributed by atoms with van der Waals surface area (Å²) in [6.45, 7) is 1.39. The lowest BCUT2D eigenvalue weighted by Gasteiger charge is -2.18. The van der Waals surface area contributed by atoms with Crippen molar-refractivity contribution in [2.45, 2.75) is 24.3 Å². The number of benzene rings is 3. The van der Waals surface area contributed by atoms with Crippen molar-refractivity contribution in [3.05, 3.63) is 95.6 Å². The monoisotopic (exact) mass is 495 g/mol. The molecule has 0 fully saturated rings. The van der Waals surface area contributed by atoms with Gasteiger partial charge in [0.1, 0.15) is 5.75 Å². The molecule has 0 saturated heterocycles. The Bertz CT molecular complexity index is 1290. The van der Waals surface area contributed by atoms with Gasteiger partial charge in [0, 0.05) is 6.42 Å². The standard InChI is InChI=1S/C25H25N3O6S/c1-18-10-12-22(13-11-18)35(32,33)28-23(20-7-3-2-4-8-20)15-24(29)27-26-16-19-6-5-9-21(14-19)34-17-25(30)31/h2-14,16,23,28H,15,17H2,1H3,(H,27,29)(H,30,31)/b26-16-/t23-/m0/s1. The van der Waals surface area contributed by atoms with Crippen LogP contribution in [0.3, 0.4) is 0 Å². The van der Waals surface area contributed by atoms with Gasteiger partial charge in [-0.1, -0.05) is 60.2 Å². The minimum absolute atomic E-state index is 0.104. The van der Waals surface area contributed by atoms with E-state index in [9.17, 15) is 18.0 Å². The van der Waals surface area contributed by atoms with Gasteiger partial charge in [-0.25, -0.2) is 23.4 Å². The van der Waals surface area contributed by atoms with Gasteiger partial charge in [0.25, 0.3) is 0 Å². The van der Waals surface area contributed by atoms with Crippen LogP contribution in [0.15, 0.2) is 88.9 Å². The Hall–Kier alpha value is -4.02. The van der Waals surface area contributed by atoms with E-state index in [1.165, 1.54) is 18.3 Å². The van der Waals surface area contributed by atoms with Crippen LogP contribution in [0.2, 0.25) is 0 Å². The van der Waals surface area contributed by atoms with Crippen LogP contribution in [0, 0.1) is 6.92 Å². The van der Waals surface area contributed by atoms with Crippen molar-refractivity contribution in [3.8, 4) is 5.75 Å². The van der Waals surface area contributed by atoms with Crippen LogP contribution in [-0.2, 0) is 19.6 Å². The molecule has 182 valence electrons.